The van der Waals surface area contributed by atoms with Gasteiger partial charge < -0.3 is 9.99 Å². The maximum atomic E-state index is 10.8. The summed E-state index contributed by atoms with van der Waals surface area (Å²) in [6, 6.07) is 0. The maximum absolute atomic E-state index is 10.8. The van der Waals surface area contributed by atoms with Gasteiger partial charge in [0.15, 0.2) is 0 Å². The number of aliphatic carboxylic acids is 1. The summed E-state index contributed by atoms with van der Waals surface area (Å²) in [5.41, 5.74) is 0. The minimum absolute atomic E-state index is 0.333. The highest BCUT2D eigenvalue weighted by molar-refractivity contribution is 5.73. The predicted octanol–water partition coefficient (Wildman–Crippen LogP) is 0.894. The highest BCUT2D eigenvalue weighted by Crippen LogP contribution is 2.29. The number of carboxylic acid groups (broad SMARTS) is 1. The fraction of sp³-hybridized carbons (Fsp3) is 0.750. The van der Waals surface area contributed by atoms with Crippen LogP contribution in [0.2, 0.25) is 0 Å². The molecule has 0 bridgehead atoms. The topological polar surface area (TPSA) is 83.8 Å². The molecule has 0 radical (unpaired) electrons. The molecule has 13 heavy (non-hydrogen) atoms. The van der Waals surface area contributed by atoms with Crippen molar-refractivity contribution >= 4 is 11.9 Å². The van der Waals surface area contributed by atoms with Crippen molar-refractivity contribution in [3.8, 4) is 0 Å². The summed E-state index contributed by atoms with van der Waals surface area (Å²) in [5.74, 6) is -2.14. The molecule has 1 saturated carbocycles. The van der Waals surface area contributed by atoms with Gasteiger partial charge in [-0.25, -0.2) is 4.79 Å². The Hall–Kier alpha value is -1.10. The smallest absolute Gasteiger partial charge is 0.345 e. The molecule has 0 saturated heterocycles. The van der Waals surface area contributed by atoms with E-state index in [0.29, 0.717) is 25.7 Å². The number of rotatable bonds is 2. The second-order valence-corrected chi connectivity index (χ2v) is 3.30. The summed E-state index contributed by atoms with van der Waals surface area (Å²) < 4.78 is 0. The Kier molecular flexibility index (Phi) is 3.25. The van der Waals surface area contributed by atoms with Crippen molar-refractivity contribution in [1.29, 1.82) is 0 Å². The van der Waals surface area contributed by atoms with Crippen molar-refractivity contribution in [2.75, 3.05) is 0 Å². The first-order valence-corrected chi connectivity index (χ1v) is 4.23. The predicted molar refractivity (Wildman–Crippen MR) is 41.8 cm³/mol. The van der Waals surface area contributed by atoms with Gasteiger partial charge >= 0.3 is 11.9 Å². The van der Waals surface area contributed by atoms with E-state index in [2.05, 4.69) is 4.89 Å². The van der Waals surface area contributed by atoms with Crippen LogP contribution in [0.25, 0.3) is 0 Å². The molecule has 0 amide bonds. The Bertz CT molecular complexity index is 205. The number of hydrogen-bond donors (Lipinski definition) is 2. The summed E-state index contributed by atoms with van der Waals surface area (Å²) in [6.45, 7) is 0. The lowest BCUT2D eigenvalue weighted by molar-refractivity contribution is -0.240. The van der Waals surface area contributed by atoms with Crippen molar-refractivity contribution in [2.45, 2.75) is 25.7 Å². The lowest BCUT2D eigenvalue weighted by Gasteiger charge is -2.23. The fourth-order valence-electron chi connectivity index (χ4n) is 1.65. The molecule has 0 unspecified atom stereocenters. The zero-order valence-corrected chi connectivity index (χ0v) is 7.10. The van der Waals surface area contributed by atoms with Crippen LogP contribution in [0.5, 0.6) is 0 Å². The first kappa shape index (κ1) is 9.98. The van der Waals surface area contributed by atoms with E-state index >= 15 is 0 Å². The zero-order chi connectivity index (χ0) is 9.84. The molecule has 0 heterocycles. The van der Waals surface area contributed by atoms with E-state index in [9.17, 15) is 9.59 Å². The molecule has 1 fully saturated rings. The van der Waals surface area contributed by atoms with Crippen molar-refractivity contribution in [3.05, 3.63) is 0 Å². The highest BCUT2D eigenvalue weighted by Gasteiger charge is 2.30. The van der Waals surface area contributed by atoms with Crippen LogP contribution in [0.1, 0.15) is 25.7 Å². The Morgan fingerprint density at radius 3 is 1.92 bits per heavy atom. The Morgan fingerprint density at radius 2 is 1.54 bits per heavy atom. The summed E-state index contributed by atoms with van der Waals surface area (Å²) in [6.07, 6.45) is 1.93. The van der Waals surface area contributed by atoms with Crippen molar-refractivity contribution in [1.82, 2.24) is 0 Å². The van der Waals surface area contributed by atoms with Crippen LogP contribution in [0.15, 0.2) is 0 Å². The van der Waals surface area contributed by atoms with Gasteiger partial charge in [-0.15, -0.1) is 0 Å². The van der Waals surface area contributed by atoms with Gasteiger partial charge in [0.1, 0.15) is 0 Å². The molecule has 0 atom stereocenters. The molecule has 0 aromatic rings. The second kappa shape index (κ2) is 4.23. The molecule has 1 aliphatic carbocycles. The maximum Gasteiger partial charge on any atom is 0.345 e. The van der Waals surface area contributed by atoms with Gasteiger partial charge in [-0.3, -0.25) is 4.79 Å². The monoisotopic (exact) mass is 188 g/mol. The van der Waals surface area contributed by atoms with Gasteiger partial charge in [-0.05, 0) is 25.7 Å². The molecule has 74 valence electrons. The molecule has 1 aliphatic rings. The molecule has 2 N–H and O–H groups in total. The van der Waals surface area contributed by atoms with Gasteiger partial charge in [0.25, 0.3) is 0 Å². The van der Waals surface area contributed by atoms with Gasteiger partial charge in [-0.1, -0.05) is 0 Å². The molecule has 0 aromatic heterocycles. The summed E-state index contributed by atoms with van der Waals surface area (Å²) in [4.78, 5) is 25.0. The van der Waals surface area contributed by atoms with Gasteiger partial charge in [-0.2, -0.15) is 5.26 Å². The van der Waals surface area contributed by atoms with Crippen molar-refractivity contribution < 1.29 is 24.8 Å². The standard InChI is InChI=1S/C8H12O5/c9-7(10)5-1-3-6(4-2-5)8(11)13-12/h5-6,12H,1-4H2,(H,9,10). The highest BCUT2D eigenvalue weighted by atomic mass is 17.1. The molecule has 5 heteroatoms. The molecular formula is C8H12O5. The average Bonchev–Trinajstić information content (AvgIpc) is 2.17. The third kappa shape index (κ3) is 2.42. The molecule has 1 rings (SSSR count). The minimum atomic E-state index is -0.809. The van der Waals surface area contributed by atoms with Gasteiger partial charge in [0, 0.05) is 0 Å². The molecule has 0 aromatic carbocycles. The van der Waals surface area contributed by atoms with Crippen LogP contribution in [-0.4, -0.2) is 22.3 Å². The van der Waals surface area contributed by atoms with Gasteiger partial charge in [0.2, 0.25) is 0 Å². The number of carbonyl (C=O) groups is 2. The van der Waals surface area contributed by atoms with Crippen LogP contribution >= 0.6 is 0 Å². The second-order valence-electron chi connectivity index (χ2n) is 3.30. The molecule has 0 aliphatic heterocycles. The van der Waals surface area contributed by atoms with Crippen LogP contribution in [0.4, 0.5) is 0 Å². The largest absolute Gasteiger partial charge is 0.481 e. The van der Waals surface area contributed by atoms with Crippen LogP contribution < -0.4 is 0 Å². The third-order valence-electron chi connectivity index (χ3n) is 2.50. The summed E-state index contributed by atoms with van der Waals surface area (Å²) in [5, 5.41) is 16.8. The van der Waals surface area contributed by atoms with Crippen LogP contribution in [0, 0.1) is 11.8 Å². The minimum Gasteiger partial charge on any atom is -0.481 e. The first-order valence-electron chi connectivity index (χ1n) is 4.23. The number of carboxylic acids is 1. The summed E-state index contributed by atoms with van der Waals surface area (Å²) in [7, 11) is 0. The summed E-state index contributed by atoms with van der Waals surface area (Å²) >= 11 is 0. The Labute approximate surface area is 75.2 Å². The van der Waals surface area contributed by atoms with Crippen molar-refractivity contribution in [2.24, 2.45) is 11.8 Å². The Morgan fingerprint density at radius 1 is 1.08 bits per heavy atom. The Balaban J connectivity index is 2.39. The number of carbonyl (C=O) groups excluding carboxylic acids is 1. The van der Waals surface area contributed by atoms with E-state index in [-0.39, 0.29) is 11.8 Å². The third-order valence-corrected chi connectivity index (χ3v) is 2.50. The average molecular weight is 188 g/mol. The first-order chi connectivity index (χ1) is 6.15. The van der Waals surface area contributed by atoms with Gasteiger partial charge in [0.05, 0.1) is 11.8 Å². The molecular weight excluding hydrogens is 176 g/mol. The lowest BCUT2D eigenvalue weighted by Crippen LogP contribution is -2.26. The van der Waals surface area contributed by atoms with Crippen molar-refractivity contribution in [3.63, 3.8) is 0 Å². The van der Waals surface area contributed by atoms with E-state index in [4.69, 9.17) is 10.4 Å². The van der Waals surface area contributed by atoms with E-state index in [1.165, 1.54) is 0 Å². The molecule has 0 spiro atoms. The normalized spacial score (nSPS) is 28.1. The number of hydrogen-bond acceptors (Lipinski definition) is 4. The van der Waals surface area contributed by atoms with E-state index in [1.807, 2.05) is 0 Å². The van der Waals surface area contributed by atoms with Crippen LogP contribution in [0.3, 0.4) is 0 Å². The lowest BCUT2D eigenvalue weighted by atomic mass is 9.82. The van der Waals surface area contributed by atoms with E-state index in [0.717, 1.165) is 0 Å². The van der Waals surface area contributed by atoms with E-state index in [1.54, 1.807) is 0 Å². The zero-order valence-electron chi connectivity index (χ0n) is 7.10. The van der Waals surface area contributed by atoms with E-state index < -0.39 is 11.9 Å². The quantitative estimate of drug-likeness (QED) is 0.496. The molecule has 5 nitrogen and oxygen atoms in total. The van der Waals surface area contributed by atoms with Crippen LogP contribution in [-0.2, 0) is 14.5 Å². The fourth-order valence-corrected chi connectivity index (χ4v) is 1.65. The SMILES string of the molecule is O=C(O)C1CCC(C(=O)OO)CC1.